The number of ether oxygens (including phenoxy) is 1. The van der Waals surface area contributed by atoms with Gasteiger partial charge >= 0.3 is 5.97 Å². The second-order valence-corrected chi connectivity index (χ2v) is 7.57. The average molecular weight is 439 g/mol. The minimum absolute atomic E-state index is 0.287. The molecule has 0 aliphatic rings. The molecular formula is C24H23ClN2O4. The molecule has 1 amide bonds. The molecule has 3 aromatic rings. The molecule has 1 N–H and O–H groups in total. The number of hydrogen-bond donors (Lipinski definition) is 1. The summed E-state index contributed by atoms with van der Waals surface area (Å²) in [5.41, 5.74) is 3.79. The van der Waals surface area contributed by atoms with Crippen molar-refractivity contribution >= 4 is 29.3 Å². The molecule has 0 fully saturated rings. The number of nitrogens with one attached hydrogen (secondary N) is 1. The van der Waals surface area contributed by atoms with Crippen molar-refractivity contribution in [2.24, 2.45) is 0 Å². The van der Waals surface area contributed by atoms with Gasteiger partial charge in [-0.05, 0) is 49.7 Å². The maximum Gasteiger partial charge on any atom is 0.325 e. The molecule has 1 heterocycles. The fourth-order valence-corrected chi connectivity index (χ4v) is 3.35. The maximum absolute atomic E-state index is 12.6. The Labute approximate surface area is 185 Å². The van der Waals surface area contributed by atoms with Gasteiger partial charge in [-0.15, -0.1) is 0 Å². The van der Waals surface area contributed by atoms with Crippen LogP contribution in [0.2, 0.25) is 5.02 Å². The number of amides is 1. The van der Waals surface area contributed by atoms with Gasteiger partial charge in [0.15, 0.2) is 6.61 Å². The van der Waals surface area contributed by atoms with E-state index in [1.165, 1.54) is 0 Å². The quantitative estimate of drug-likeness (QED) is 0.426. The van der Waals surface area contributed by atoms with Crippen LogP contribution in [0.25, 0.3) is 0 Å². The lowest BCUT2D eigenvalue weighted by Crippen LogP contribution is -2.31. The van der Waals surface area contributed by atoms with E-state index < -0.39 is 11.9 Å². The molecular weight excluding hydrogens is 416 g/mol. The molecule has 0 radical (unpaired) electrons. The van der Waals surface area contributed by atoms with E-state index in [4.69, 9.17) is 16.3 Å². The zero-order valence-corrected chi connectivity index (χ0v) is 18.1. The smallest absolute Gasteiger partial charge is 0.325 e. The molecule has 3 rings (SSSR count). The summed E-state index contributed by atoms with van der Waals surface area (Å²) in [4.78, 5) is 36.6. The monoisotopic (exact) mass is 438 g/mol. The second kappa shape index (κ2) is 10.1. The Morgan fingerprint density at radius 3 is 2.35 bits per heavy atom. The fourth-order valence-electron chi connectivity index (χ4n) is 3.22. The first-order chi connectivity index (χ1) is 14.8. The van der Waals surface area contributed by atoms with Crippen LogP contribution < -0.4 is 5.32 Å². The third-order valence-corrected chi connectivity index (χ3v) is 5.17. The highest BCUT2D eigenvalue weighted by molar-refractivity contribution is 6.30. The second-order valence-electron chi connectivity index (χ2n) is 7.13. The minimum Gasteiger partial charge on any atom is -0.456 e. The molecule has 1 aromatic heterocycles. The van der Waals surface area contributed by atoms with Crippen LogP contribution in [0.5, 0.6) is 0 Å². The van der Waals surface area contributed by atoms with Crippen molar-refractivity contribution in [3.05, 3.63) is 93.8 Å². The van der Waals surface area contributed by atoms with E-state index in [-0.39, 0.29) is 18.9 Å². The zero-order chi connectivity index (χ0) is 22.4. The lowest BCUT2D eigenvalue weighted by atomic mass is 10.1. The summed E-state index contributed by atoms with van der Waals surface area (Å²) in [5, 5.41) is 2.97. The van der Waals surface area contributed by atoms with Crippen LogP contribution in [0.3, 0.4) is 0 Å². The first-order valence-electron chi connectivity index (χ1n) is 9.78. The first-order valence-corrected chi connectivity index (χ1v) is 10.2. The highest BCUT2D eigenvalue weighted by Crippen LogP contribution is 2.18. The summed E-state index contributed by atoms with van der Waals surface area (Å²) < 4.78 is 7.10. The number of hydrogen-bond acceptors (Lipinski definition) is 4. The molecule has 0 spiro atoms. The van der Waals surface area contributed by atoms with Gasteiger partial charge in [0, 0.05) is 34.1 Å². The number of aryl methyl sites for hydroxylation is 1. The molecule has 31 heavy (non-hydrogen) atoms. The topological polar surface area (TPSA) is 77.4 Å². The van der Waals surface area contributed by atoms with Crippen molar-refractivity contribution in [3.63, 3.8) is 0 Å². The lowest BCUT2D eigenvalue weighted by molar-refractivity contribution is -0.141. The summed E-state index contributed by atoms with van der Waals surface area (Å²) in [6, 6.07) is 18.0. The Morgan fingerprint density at radius 2 is 1.68 bits per heavy atom. The van der Waals surface area contributed by atoms with E-state index in [0.717, 1.165) is 17.0 Å². The molecule has 0 unspecified atom stereocenters. The SMILES string of the molecule is Cc1cc(C(=O)COC(=O)CNC(=O)c2ccc(Cl)cc2)c(C)n1Cc1ccccc1. The zero-order valence-electron chi connectivity index (χ0n) is 17.4. The molecule has 6 nitrogen and oxygen atoms in total. The van der Waals surface area contributed by atoms with E-state index in [1.54, 1.807) is 30.3 Å². The molecule has 2 aromatic carbocycles. The summed E-state index contributed by atoms with van der Waals surface area (Å²) in [6.07, 6.45) is 0. The standard InChI is InChI=1S/C24H23ClN2O4/c1-16-12-21(17(2)27(16)14-18-6-4-3-5-7-18)22(28)15-31-23(29)13-26-24(30)19-8-10-20(25)11-9-19/h3-12H,13-15H2,1-2H3,(H,26,30). The Hall–Kier alpha value is -3.38. The first kappa shape index (κ1) is 22.3. The predicted octanol–water partition coefficient (Wildman–Crippen LogP) is 3.96. The van der Waals surface area contributed by atoms with Crippen LogP contribution >= 0.6 is 11.6 Å². The highest BCUT2D eigenvalue weighted by Gasteiger charge is 2.18. The van der Waals surface area contributed by atoms with E-state index in [1.807, 2.05) is 44.2 Å². The largest absolute Gasteiger partial charge is 0.456 e. The van der Waals surface area contributed by atoms with Crippen LogP contribution in [0.15, 0.2) is 60.7 Å². The summed E-state index contributed by atoms with van der Waals surface area (Å²) in [5.74, 6) is -1.40. The van der Waals surface area contributed by atoms with Gasteiger partial charge in [-0.2, -0.15) is 0 Å². The van der Waals surface area contributed by atoms with Gasteiger partial charge in [-0.1, -0.05) is 41.9 Å². The van der Waals surface area contributed by atoms with Gasteiger partial charge in [-0.3, -0.25) is 14.4 Å². The number of halogens is 1. The van der Waals surface area contributed by atoms with Crippen molar-refractivity contribution in [3.8, 4) is 0 Å². The Bertz CT molecular complexity index is 1090. The van der Waals surface area contributed by atoms with Crippen molar-refractivity contribution < 1.29 is 19.1 Å². The van der Waals surface area contributed by atoms with Gasteiger partial charge in [0.25, 0.3) is 5.91 Å². The van der Waals surface area contributed by atoms with Gasteiger partial charge in [0.1, 0.15) is 6.54 Å². The van der Waals surface area contributed by atoms with Crippen molar-refractivity contribution in [2.45, 2.75) is 20.4 Å². The van der Waals surface area contributed by atoms with E-state index in [2.05, 4.69) is 9.88 Å². The molecule has 0 aliphatic carbocycles. The van der Waals surface area contributed by atoms with Crippen LogP contribution in [-0.4, -0.2) is 35.4 Å². The van der Waals surface area contributed by atoms with E-state index in [9.17, 15) is 14.4 Å². The normalized spacial score (nSPS) is 10.5. The molecule has 0 saturated carbocycles. The Balaban J connectivity index is 1.53. The van der Waals surface area contributed by atoms with Crippen LogP contribution in [0.1, 0.15) is 37.7 Å². The van der Waals surface area contributed by atoms with Gasteiger partial charge in [0.2, 0.25) is 5.78 Å². The lowest BCUT2D eigenvalue weighted by Gasteiger charge is -2.10. The maximum atomic E-state index is 12.6. The molecule has 0 atom stereocenters. The summed E-state index contributed by atoms with van der Waals surface area (Å²) in [6.45, 7) is 3.75. The number of ketones is 1. The van der Waals surface area contributed by atoms with E-state index in [0.29, 0.717) is 22.7 Å². The molecule has 160 valence electrons. The Kier molecular flexibility index (Phi) is 7.26. The molecule has 0 bridgehead atoms. The van der Waals surface area contributed by atoms with Crippen molar-refractivity contribution in [1.29, 1.82) is 0 Å². The average Bonchev–Trinajstić information content (AvgIpc) is 3.05. The highest BCUT2D eigenvalue weighted by atomic mass is 35.5. The third-order valence-electron chi connectivity index (χ3n) is 4.92. The Morgan fingerprint density at radius 1 is 1.00 bits per heavy atom. The van der Waals surface area contributed by atoms with E-state index >= 15 is 0 Å². The minimum atomic E-state index is -0.686. The molecule has 7 heteroatoms. The molecule has 0 aliphatic heterocycles. The van der Waals surface area contributed by atoms with Crippen molar-refractivity contribution in [2.75, 3.05) is 13.2 Å². The van der Waals surface area contributed by atoms with Crippen LogP contribution in [0.4, 0.5) is 0 Å². The van der Waals surface area contributed by atoms with Gasteiger partial charge < -0.3 is 14.6 Å². The third kappa shape index (κ3) is 5.83. The van der Waals surface area contributed by atoms with Gasteiger partial charge in [-0.25, -0.2) is 0 Å². The number of carbonyl (C=O) groups is 3. The van der Waals surface area contributed by atoms with Crippen LogP contribution in [-0.2, 0) is 16.1 Å². The van der Waals surface area contributed by atoms with Crippen LogP contribution in [0, 0.1) is 13.8 Å². The molecule has 0 saturated heterocycles. The van der Waals surface area contributed by atoms with Gasteiger partial charge in [0.05, 0.1) is 0 Å². The number of benzene rings is 2. The fraction of sp³-hybridized carbons (Fsp3) is 0.208. The number of carbonyl (C=O) groups excluding carboxylic acids is 3. The summed E-state index contributed by atoms with van der Waals surface area (Å²) in [7, 11) is 0. The number of rotatable bonds is 8. The number of aromatic nitrogens is 1. The predicted molar refractivity (Wildman–Crippen MR) is 119 cm³/mol. The number of nitrogens with zero attached hydrogens (tertiary/aromatic N) is 1. The summed E-state index contributed by atoms with van der Waals surface area (Å²) >= 11 is 5.79. The number of esters is 1. The number of Topliss-reactive ketones (excluding diaryl/α,β-unsaturated/α-hetero) is 1. The van der Waals surface area contributed by atoms with Crippen molar-refractivity contribution in [1.82, 2.24) is 9.88 Å².